The van der Waals surface area contributed by atoms with Gasteiger partial charge in [-0.05, 0) is 40.2 Å². The van der Waals surface area contributed by atoms with Crippen molar-refractivity contribution in [3.8, 4) is 0 Å². The molecule has 1 N–H and O–H groups in total. The van der Waals surface area contributed by atoms with Crippen LogP contribution < -0.4 is 5.32 Å². The zero-order valence-electron chi connectivity index (χ0n) is 8.05. The molecule has 0 radical (unpaired) electrons. The Morgan fingerprint density at radius 2 is 2.06 bits per heavy atom. The number of hydrogen-bond donors (Lipinski definition) is 1. The van der Waals surface area contributed by atoms with Gasteiger partial charge in [0.1, 0.15) is 0 Å². The molecular formula is C11H7BrClFN2. The predicted molar refractivity (Wildman–Crippen MR) is 66.6 cm³/mol. The molecule has 1 aromatic heterocycles. The summed E-state index contributed by atoms with van der Waals surface area (Å²) in [7, 11) is 0. The second-order valence-corrected chi connectivity index (χ2v) is 4.41. The van der Waals surface area contributed by atoms with Crippen LogP contribution in [-0.2, 0) is 0 Å². The summed E-state index contributed by atoms with van der Waals surface area (Å²) < 4.78 is 13.7. The van der Waals surface area contributed by atoms with Gasteiger partial charge in [0.05, 0.1) is 5.69 Å². The van der Waals surface area contributed by atoms with Crippen LogP contribution in [0.5, 0.6) is 0 Å². The van der Waals surface area contributed by atoms with E-state index in [9.17, 15) is 4.39 Å². The van der Waals surface area contributed by atoms with Crippen molar-refractivity contribution in [3.05, 3.63) is 52.0 Å². The SMILES string of the molecule is Fc1cc(Nc2cc(Cl)ccc2Br)ccn1. The average molecular weight is 302 g/mol. The zero-order chi connectivity index (χ0) is 11.5. The molecule has 0 bridgehead atoms. The molecule has 2 nitrogen and oxygen atoms in total. The third-order valence-corrected chi connectivity index (χ3v) is 2.86. The third-order valence-electron chi connectivity index (χ3n) is 1.93. The van der Waals surface area contributed by atoms with Gasteiger partial charge in [0.25, 0.3) is 0 Å². The summed E-state index contributed by atoms with van der Waals surface area (Å²) in [5.41, 5.74) is 1.40. The van der Waals surface area contributed by atoms with Crippen molar-refractivity contribution in [2.24, 2.45) is 0 Å². The van der Waals surface area contributed by atoms with Gasteiger partial charge in [0, 0.05) is 27.4 Å². The lowest BCUT2D eigenvalue weighted by molar-refractivity contribution is 0.584. The first kappa shape index (κ1) is 11.4. The van der Waals surface area contributed by atoms with E-state index in [1.165, 1.54) is 12.3 Å². The van der Waals surface area contributed by atoms with Gasteiger partial charge in [-0.25, -0.2) is 4.98 Å². The number of aromatic nitrogens is 1. The quantitative estimate of drug-likeness (QED) is 0.833. The fourth-order valence-corrected chi connectivity index (χ4v) is 1.75. The minimum Gasteiger partial charge on any atom is -0.354 e. The molecule has 5 heteroatoms. The lowest BCUT2D eigenvalue weighted by atomic mass is 10.3. The van der Waals surface area contributed by atoms with E-state index in [0.29, 0.717) is 10.7 Å². The van der Waals surface area contributed by atoms with Gasteiger partial charge < -0.3 is 5.32 Å². The van der Waals surface area contributed by atoms with E-state index in [1.54, 1.807) is 18.2 Å². The van der Waals surface area contributed by atoms with Crippen LogP contribution in [0, 0.1) is 5.95 Å². The maximum Gasteiger partial charge on any atom is 0.214 e. The topological polar surface area (TPSA) is 24.9 Å². The molecule has 0 atom stereocenters. The molecule has 1 aromatic carbocycles. The molecule has 0 fully saturated rings. The summed E-state index contributed by atoms with van der Waals surface area (Å²) in [6.45, 7) is 0. The van der Waals surface area contributed by atoms with Crippen LogP contribution in [0.4, 0.5) is 15.8 Å². The van der Waals surface area contributed by atoms with Gasteiger partial charge in [0.15, 0.2) is 0 Å². The second kappa shape index (κ2) is 4.80. The minimum atomic E-state index is -0.525. The molecule has 82 valence electrons. The van der Waals surface area contributed by atoms with Crippen LogP contribution in [0.15, 0.2) is 41.0 Å². The molecular weight excluding hydrogens is 294 g/mol. The Hall–Kier alpha value is -1.13. The van der Waals surface area contributed by atoms with Gasteiger partial charge in [0.2, 0.25) is 5.95 Å². The lowest BCUT2D eigenvalue weighted by Crippen LogP contribution is -1.93. The number of anilines is 2. The van der Waals surface area contributed by atoms with E-state index >= 15 is 0 Å². The highest BCUT2D eigenvalue weighted by Crippen LogP contribution is 2.28. The number of nitrogens with zero attached hydrogens (tertiary/aromatic N) is 1. The van der Waals surface area contributed by atoms with Gasteiger partial charge in [-0.1, -0.05) is 11.6 Å². The van der Waals surface area contributed by atoms with Crippen molar-refractivity contribution in [3.63, 3.8) is 0 Å². The molecule has 0 aliphatic rings. The van der Waals surface area contributed by atoms with Crippen molar-refractivity contribution >= 4 is 38.9 Å². The minimum absolute atomic E-state index is 0.525. The zero-order valence-corrected chi connectivity index (χ0v) is 10.4. The highest BCUT2D eigenvalue weighted by Gasteiger charge is 2.02. The van der Waals surface area contributed by atoms with Gasteiger partial charge in [-0.3, -0.25) is 0 Å². The summed E-state index contributed by atoms with van der Waals surface area (Å²) >= 11 is 9.24. The second-order valence-electron chi connectivity index (χ2n) is 3.12. The summed E-state index contributed by atoms with van der Waals surface area (Å²) in [5, 5.41) is 3.65. The number of benzene rings is 1. The van der Waals surface area contributed by atoms with Crippen molar-refractivity contribution < 1.29 is 4.39 Å². The predicted octanol–water partition coefficient (Wildman–Crippen LogP) is 4.38. The summed E-state index contributed by atoms with van der Waals surface area (Å²) in [6, 6.07) is 8.33. The maximum atomic E-state index is 12.9. The Labute approximate surface area is 106 Å². The fraction of sp³-hybridized carbons (Fsp3) is 0. The maximum absolute atomic E-state index is 12.9. The van der Waals surface area contributed by atoms with Crippen LogP contribution in [0.3, 0.4) is 0 Å². The van der Waals surface area contributed by atoms with Crippen LogP contribution in [0.25, 0.3) is 0 Å². The molecule has 16 heavy (non-hydrogen) atoms. The molecule has 0 unspecified atom stereocenters. The molecule has 1 heterocycles. The number of hydrogen-bond acceptors (Lipinski definition) is 2. The van der Waals surface area contributed by atoms with E-state index in [0.717, 1.165) is 10.2 Å². The summed E-state index contributed by atoms with van der Waals surface area (Å²) in [6.07, 6.45) is 1.40. The number of halogens is 3. The average Bonchev–Trinajstić information content (AvgIpc) is 2.24. The van der Waals surface area contributed by atoms with Crippen molar-refractivity contribution in [2.75, 3.05) is 5.32 Å². The number of nitrogens with one attached hydrogen (secondary N) is 1. The highest BCUT2D eigenvalue weighted by molar-refractivity contribution is 9.10. The number of rotatable bonds is 2. The number of pyridine rings is 1. The Balaban J connectivity index is 2.30. The van der Waals surface area contributed by atoms with Gasteiger partial charge >= 0.3 is 0 Å². The normalized spacial score (nSPS) is 10.2. The van der Waals surface area contributed by atoms with Gasteiger partial charge in [-0.2, -0.15) is 4.39 Å². The first-order valence-corrected chi connectivity index (χ1v) is 5.66. The lowest BCUT2D eigenvalue weighted by Gasteiger charge is -2.08. The van der Waals surface area contributed by atoms with E-state index in [1.807, 2.05) is 6.07 Å². The van der Waals surface area contributed by atoms with E-state index in [-0.39, 0.29) is 0 Å². The van der Waals surface area contributed by atoms with Crippen LogP contribution in [0.2, 0.25) is 5.02 Å². The molecule has 0 amide bonds. The van der Waals surface area contributed by atoms with Crippen LogP contribution in [-0.4, -0.2) is 4.98 Å². The summed E-state index contributed by atoms with van der Waals surface area (Å²) in [5.74, 6) is -0.525. The first-order valence-electron chi connectivity index (χ1n) is 4.49. The fourth-order valence-electron chi connectivity index (χ4n) is 1.23. The monoisotopic (exact) mass is 300 g/mol. The van der Waals surface area contributed by atoms with E-state index < -0.39 is 5.95 Å². The molecule has 2 aromatic rings. The van der Waals surface area contributed by atoms with Crippen LogP contribution >= 0.6 is 27.5 Å². The Bertz CT molecular complexity index is 519. The standard InChI is InChI=1S/C11H7BrClFN2/c12-9-2-1-7(13)5-10(9)16-8-3-4-15-11(14)6-8/h1-6H,(H,15,16). The van der Waals surface area contributed by atoms with Crippen molar-refractivity contribution in [1.29, 1.82) is 0 Å². The Morgan fingerprint density at radius 1 is 1.25 bits per heavy atom. The van der Waals surface area contributed by atoms with E-state index in [4.69, 9.17) is 11.6 Å². The molecule has 0 aliphatic heterocycles. The molecule has 0 saturated heterocycles. The van der Waals surface area contributed by atoms with Crippen LogP contribution in [0.1, 0.15) is 0 Å². The summed E-state index contributed by atoms with van der Waals surface area (Å²) in [4.78, 5) is 3.48. The highest BCUT2D eigenvalue weighted by atomic mass is 79.9. The van der Waals surface area contributed by atoms with Gasteiger partial charge in [-0.15, -0.1) is 0 Å². The third kappa shape index (κ3) is 2.71. The largest absolute Gasteiger partial charge is 0.354 e. The molecule has 0 aliphatic carbocycles. The van der Waals surface area contributed by atoms with E-state index in [2.05, 4.69) is 26.2 Å². The Morgan fingerprint density at radius 3 is 2.81 bits per heavy atom. The van der Waals surface area contributed by atoms with Crippen molar-refractivity contribution in [2.45, 2.75) is 0 Å². The Kier molecular flexibility index (Phi) is 3.41. The molecule has 0 saturated carbocycles. The smallest absolute Gasteiger partial charge is 0.214 e. The molecule has 0 spiro atoms. The molecule has 2 rings (SSSR count). The first-order chi connectivity index (χ1) is 7.65. The van der Waals surface area contributed by atoms with Crippen molar-refractivity contribution in [1.82, 2.24) is 4.98 Å².